The van der Waals surface area contributed by atoms with Crippen LogP contribution in [0.3, 0.4) is 0 Å². The first-order valence-corrected chi connectivity index (χ1v) is 13.7. The molecule has 0 aromatic heterocycles. The normalized spacial score (nSPS) is 20.9. The van der Waals surface area contributed by atoms with Gasteiger partial charge in [0.2, 0.25) is 17.7 Å². The van der Waals surface area contributed by atoms with Gasteiger partial charge in [-0.2, -0.15) is 0 Å². The molecule has 0 aliphatic carbocycles. The van der Waals surface area contributed by atoms with Gasteiger partial charge >= 0.3 is 0 Å². The minimum absolute atomic E-state index is 0.166. The Morgan fingerprint density at radius 3 is 1.90 bits per heavy atom. The van der Waals surface area contributed by atoms with Crippen LogP contribution in [0.5, 0.6) is 0 Å². The average molecular weight is 551 g/mol. The van der Waals surface area contributed by atoms with Gasteiger partial charge in [-0.15, -0.1) is 0 Å². The van der Waals surface area contributed by atoms with Crippen LogP contribution in [0.1, 0.15) is 25.0 Å². The highest BCUT2D eigenvalue weighted by Crippen LogP contribution is 2.29. The summed E-state index contributed by atoms with van der Waals surface area (Å²) in [5, 5.41) is 8.40. The molecule has 0 bridgehead atoms. The topological polar surface area (TPSA) is 129 Å². The predicted octanol–water partition coefficient (Wildman–Crippen LogP) is 0.636. The Morgan fingerprint density at radius 1 is 0.825 bits per heavy atom. The maximum Gasteiger partial charge on any atom is 0.243 e. The molecule has 2 heterocycles. The van der Waals surface area contributed by atoms with E-state index in [-0.39, 0.29) is 24.7 Å². The standard InChI is InChI=1S/C30H38N4O6/c1-21(31-26(35)19-34-13-15-39-16-14-34)28(37)33-25(18-23-11-7-4-8-12-23)29(38)32-24(27(36)30(2)20-40-30)17-22-9-5-3-6-10-22/h3-12,21,24-25H,13-20H2,1-2H3,(H,31,35)(H,32,38)(H,33,37). The molecule has 214 valence electrons. The molecule has 3 amide bonds. The molecule has 4 rings (SSSR count). The molecular weight excluding hydrogens is 512 g/mol. The Balaban J connectivity index is 1.44. The number of morpholine rings is 1. The second-order valence-electron chi connectivity index (χ2n) is 10.6. The molecule has 4 unspecified atom stereocenters. The van der Waals surface area contributed by atoms with Crippen molar-refractivity contribution in [1.29, 1.82) is 0 Å². The van der Waals surface area contributed by atoms with Crippen LogP contribution in [0, 0.1) is 0 Å². The Hall–Kier alpha value is -3.60. The summed E-state index contributed by atoms with van der Waals surface area (Å²) in [5.41, 5.74) is 0.811. The lowest BCUT2D eigenvalue weighted by molar-refractivity contribution is -0.134. The number of carbonyl (C=O) groups is 4. The van der Waals surface area contributed by atoms with Gasteiger partial charge in [0.05, 0.1) is 32.4 Å². The number of rotatable bonds is 13. The van der Waals surface area contributed by atoms with E-state index in [0.717, 1.165) is 11.1 Å². The Bertz CT molecular complexity index is 1170. The maximum absolute atomic E-state index is 13.6. The van der Waals surface area contributed by atoms with Gasteiger partial charge in [-0.25, -0.2) is 0 Å². The van der Waals surface area contributed by atoms with Crippen LogP contribution in [0.2, 0.25) is 0 Å². The van der Waals surface area contributed by atoms with Gasteiger partial charge in [-0.05, 0) is 31.4 Å². The van der Waals surface area contributed by atoms with Crippen molar-refractivity contribution in [3.63, 3.8) is 0 Å². The smallest absolute Gasteiger partial charge is 0.243 e. The van der Waals surface area contributed by atoms with E-state index in [1.54, 1.807) is 13.8 Å². The monoisotopic (exact) mass is 550 g/mol. The molecule has 10 nitrogen and oxygen atoms in total. The van der Waals surface area contributed by atoms with Crippen molar-refractivity contribution in [2.24, 2.45) is 0 Å². The van der Waals surface area contributed by atoms with E-state index < -0.39 is 35.5 Å². The van der Waals surface area contributed by atoms with Crippen molar-refractivity contribution in [3.8, 4) is 0 Å². The fourth-order valence-electron chi connectivity index (χ4n) is 4.62. The summed E-state index contributed by atoms with van der Waals surface area (Å²) in [6, 6.07) is 16.1. The van der Waals surface area contributed by atoms with Crippen LogP contribution in [0.4, 0.5) is 0 Å². The van der Waals surface area contributed by atoms with Gasteiger partial charge in [0.15, 0.2) is 5.78 Å². The van der Waals surface area contributed by atoms with E-state index in [1.165, 1.54) is 0 Å². The van der Waals surface area contributed by atoms with Crippen molar-refractivity contribution < 1.29 is 28.7 Å². The highest BCUT2D eigenvalue weighted by atomic mass is 16.6. The minimum atomic E-state index is -0.965. The third-order valence-electron chi connectivity index (χ3n) is 7.17. The zero-order chi connectivity index (χ0) is 28.5. The molecule has 40 heavy (non-hydrogen) atoms. The second-order valence-corrected chi connectivity index (χ2v) is 10.6. The SMILES string of the molecule is CC(NC(=O)CN1CCOCC1)C(=O)NC(Cc1ccccc1)C(=O)NC(Cc1ccccc1)C(=O)C1(C)CO1. The first-order valence-electron chi connectivity index (χ1n) is 13.7. The molecule has 2 aromatic rings. The Morgan fingerprint density at radius 2 is 1.35 bits per heavy atom. The first-order chi connectivity index (χ1) is 19.2. The molecular formula is C30H38N4O6. The number of ketones is 1. The number of hydrogen-bond donors (Lipinski definition) is 3. The van der Waals surface area contributed by atoms with Crippen LogP contribution < -0.4 is 16.0 Å². The van der Waals surface area contributed by atoms with Crippen molar-refractivity contribution in [1.82, 2.24) is 20.9 Å². The van der Waals surface area contributed by atoms with Crippen LogP contribution in [0.25, 0.3) is 0 Å². The summed E-state index contributed by atoms with van der Waals surface area (Å²) in [4.78, 5) is 54.5. The summed E-state index contributed by atoms with van der Waals surface area (Å²) in [5.74, 6) is -1.46. The van der Waals surface area contributed by atoms with E-state index in [1.807, 2.05) is 65.6 Å². The fraction of sp³-hybridized carbons (Fsp3) is 0.467. The number of hydrogen-bond acceptors (Lipinski definition) is 7. The summed E-state index contributed by atoms with van der Waals surface area (Å²) in [7, 11) is 0. The van der Waals surface area contributed by atoms with E-state index in [2.05, 4.69) is 16.0 Å². The third kappa shape index (κ3) is 8.45. The molecule has 0 radical (unpaired) electrons. The Labute approximate surface area is 234 Å². The van der Waals surface area contributed by atoms with Gasteiger partial charge < -0.3 is 25.4 Å². The largest absolute Gasteiger partial charge is 0.379 e. The average Bonchev–Trinajstić information content (AvgIpc) is 3.71. The van der Waals surface area contributed by atoms with Gasteiger partial charge in [0.1, 0.15) is 17.7 Å². The quantitative estimate of drug-likeness (QED) is 0.312. The zero-order valence-electron chi connectivity index (χ0n) is 23.1. The molecule has 0 saturated carbocycles. The van der Waals surface area contributed by atoms with Crippen molar-refractivity contribution in [2.45, 2.75) is 50.4 Å². The molecule has 4 atom stereocenters. The van der Waals surface area contributed by atoms with Crippen LogP contribution in [0.15, 0.2) is 60.7 Å². The van der Waals surface area contributed by atoms with E-state index in [9.17, 15) is 19.2 Å². The van der Waals surface area contributed by atoms with Crippen molar-refractivity contribution in [2.75, 3.05) is 39.5 Å². The highest BCUT2D eigenvalue weighted by molar-refractivity contribution is 5.98. The van der Waals surface area contributed by atoms with Gasteiger partial charge in [-0.3, -0.25) is 24.1 Å². The summed E-state index contributed by atoms with van der Waals surface area (Å²) < 4.78 is 10.7. The number of epoxide rings is 1. The highest BCUT2D eigenvalue weighted by Gasteiger charge is 2.50. The van der Waals surface area contributed by atoms with Gasteiger partial charge in [0.25, 0.3) is 0 Å². The number of nitrogens with zero attached hydrogens (tertiary/aromatic N) is 1. The van der Waals surface area contributed by atoms with Gasteiger partial charge in [-0.1, -0.05) is 60.7 Å². The van der Waals surface area contributed by atoms with Crippen molar-refractivity contribution >= 4 is 23.5 Å². The molecule has 2 fully saturated rings. The Kier molecular flexibility index (Phi) is 10.0. The molecule has 3 N–H and O–H groups in total. The third-order valence-corrected chi connectivity index (χ3v) is 7.17. The second kappa shape index (κ2) is 13.6. The molecule has 10 heteroatoms. The van der Waals surface area contributed by atoms with Crippen LogP contribution >= 0.6 is 0 Å². The van der Waals surface area contributed by atoms with Crippen molar-refractivity contribution in [3.05, 3.63) is 71.8 Å². The molecule has 2 aliphatic heterocycles. The molecule has 2 aromatic carbocycles. The van der Waals surface area contributed by atoms with Crippen LogP contribution in [-0.4, -0.2) is 91.6 Å². The number of Topliss-reactive ketones (excluding diaryl/α,β-unsaturated/α-hetero) is 1. The number of benzene rings is 2. The zero-order valence-corrected chi connectivity index (χ0v) is 23.1. The van der Waals surface area contributed by atoms with E-state index in [4.69, 9.17) is 9.47 Å². The lowest BCUT2D eigenvalue weighted by Crippen LogP contribution is -2.57. The minimum Gasteiger partial charge on any atom is -0.379 e. The van der Waals surface area contributed by atoms with Crippen LogP contribution in [-0.2, 0) is 41.5 Å². The molecule has 2 aliphatic rings. The first kappa shape index (κ1) is 29.4. The number of carbonyl (C=O) groups excluding carboxylic acids is 4. The molecule has 2 saturated heterocycles. The fourth-order valence-corrected chi connectivity index (χ4v) is 4.62. The summed E-state index contributed by atoms with van der Waals surface area (Å²) in [6.07, 6.45) is 0.511. The maximum atomic E-state index is 13.6. The van der Waals surface area contributed by atoms with Gasteiger partial charge in [0, 0.05) is 19.5 Å². The predicted molar refractivity (Wildman–Crippen MR) is 148 cm³/mol. The number of amides is 3. The lowest BCUT2D eigenvalue weighted by atomic mass is 9.94. The van der Waals surface area contributed by atoms with E-state index >= 15 is 0 Å². The summed E-state index contributed by atoms with van der Waals surface area (Å²) >= 11 is 0. The molecule has 0 spiro atoms. The number of ether oxygens (including phenoxy) is 2. The lowest BCUT2D eigenvalue weighted by Gasteiger charge is -2.27. The van der Waals surface area contributed by atoms with E-state index in [0.29, 0.717) is 39.3 Å². The number of nitrogens with one attached hydrogen (secondary N) is 3. The summed E-state index contributed by atoms with van der Waals surface area (Å²) in [6.45, 7) is 6.21.